The predicted molar refractivity (Wildman–Crippen MR) is 91.0 cm³/mol. The molecule has 2 aromatic rings. The van der Waals surface area contributed by atoms with Crippen LogP contribution < -0.4 is 5.32 Å². The SMILES string of the molecule is CCN(CC)C(CNC(=O)Cc1cccs1)c1ccsc1. The van der Waals surface area contributed by atoms with Gasteiger partial charge in [-0.25, -0.2) is 0 Å². The first-order chi connectivity index (χ1) is 10.2. The standard InChI is InChI=1S/C16H22N2OS2/c1-3-18(4-2)15(13-7-9-20-12-13)11-17-16(19)10-14-6-5-8-21-14/h5-9,12,15H,3-4,10-11H2,1-2H3,(H,17,19). The fourth-order valence-corrected chi connectivity index (χ4v) is 3.84. The number of hydrogen-bond acceptors (Lipinski definition) is 4. The van der Waals surface area contributed by atoms with Crippen molar-refractivity contribution in [2.45, 2.75) is 26.3 Å². The van der Waals surface area contributed by atoms with E-state index in [0.717, 1.165) is 18.0 Å². The van der Waals surface area contributed by atoms with Crippen LogP contribution in [-0.2, 0) is 11.2 Å². The van der Waals surface area contributed by atoms with Gasteiger partial charge in [0.05, 0.1) is 12.5 Å². The number of hydrogen-bond donors (Lipinski definition) is 1. The lowest BCUT2D eigenvalue weighted by Gasteiger charge is -2.29. The van der Waals surface area contributed by atoms with Crippen LogP contribution in [0, 0.1) is 0 Å². The molecule has 0 aliphatic rings. The summed E-state index contributed by atoms with van der Waals surface area (Å²) in [5.74, 6) is 0.102. The lowest BCUT2D eigenvalue weighted by molar-refractivity contribution is -0.120. The second-order valence-corrected chi connectivity index (χ2v) is 6.67. The van der Waals surface area contributed by atoms with E-state index in [0.29, 0.717) is 13.0 Å². The zero-order valence-electron chi connectivity index (χ0n) is 12.5. The fraction of sp³-hybridized carbons (Fsp3) is 0.438. The highest BCUT2D eigenvalue weighted by Crippen LogP contribution is 2.22. The number of thiophene rings is 2. The molecule has 0 fully saturated rings. The molecule has 3 nitrogen and oxygen atoms in total. The molecule has 2 rings (SSSR count). The van der Waals surface area contributed by atoms with Crippen molar-refractivity contribution in [3.8, 4) is 0 Å². The molecule has 1 N–H and O–H groups in total. The molecule has 114 valence electrons. The first kappa shape index (κ1) is 16.2. The first-order valence-corrected chi connectivity index (χ1v) is 9.12. The smallest absolute Gasteiger partial charge is 0.225 e. The summed E-state index contributed by atoms with van der Waals surface area (Å²) >= 11 is 3.34. The van der Waals surface area contributed by atoms with Gasteiger partial charge in [-0.1, -0.05) is 19.9 Å². The average Bonchev–Trinajstić information content (AvgIpc) is 3.16. The zero-order chi connectivity index (χ0) is 15.1. The minimum absolute atomic E-state index is 0.102. The number of nitrogens with one attached hydrogen (secondary N) is 1. The van der Waals surface area contributed by atoms with Gasteiger partial charge in [0.2, 0.25) is 5.91 Å². The molecular weight excluding hydrogens is 300 g/mol. The van der Waals surface area contributed by atoms with Crippen molar-refractivity contribution < 1.29 is 4.79 Å². The van der Waals surface area contributed by atoms with Crippen LogP contribution in [0.25, 0.3) is 0 Å². The van der Waals surface area contributed by atoms with Crippen molar-refractivity contribution in [2.24, 2.45) is 0 Å². The van der Waals surface area contributed by atoms with Crippen LogP contribution in [-0.4, -0.2) is 30.4 Å². The van der Waals surface area contributed by atoms with Crippen LogP contribution in [0.5, 0.6) is 0 Å². The maximum atomic E-state index is 12.1. The van der Waals surface area contributed by atoms with Crippen molar-refractivity contribution >= 4 is 28.6 Å². The van der Waals surface area contributed by atoms with Gasteiger partial charge >= 0.3 is 0 Å². The lowest BCUT2D eigenvalue weighted by Crippen LogP contribution is -2.38. The minimum Gasteiger partial charge on any atom is -0.354 e. The molecule has 2 aromatic heterocycles. The molecule has 0 aliphatic carbocycles. The first-order valence-electron chi connectivity index (χ1n) is 7.29. The Morgan fingerprint density at radius 1 is 1.29 bits per heavy atom. The molecule has 0 radical (unpaired) electrons. The van der Waals surface area contributed by atoms with E-state index in [2.05, 4.69) is 40.9 Å². The van der Waals surface area contributed by atoms with Crippen molar-refractivity contribution in [1.82, 2.24) is 10.2 Å². The molecule has 1 amide bonds. The molecule has 0 bridgehead atoms. The van der Waals surface area contributed by atoms with Gasteiger partial charge in [-0.15, -0.1) is 11.3 Å². The molecule has 1 unspecified atom stereocenters. The average molecular weight is 322 g/mol. The van der Waals surface area contributed by atoms with E-state index in [1.54, 1.807) is 22.7 Å². The zero-order valence-corrected chi connectivity index (χ0v) is 14.2. The lowest BCUT2D eigenvalue weighted by atomic mass is 10.1. The predicted octanol–water partition coefficient (Wildman–Crippen LogP) is 3.55. The van der Waals surface area contributed by atoms with Crippen LogP contribution in [0.1, 0.15) is 30.3 Å². The summed E-state index contributed by atoms with van der Waals surface area (Å²) < 4.78 is 0. The fourth-order valence-electron chi connectivity index (χ4n) is 2.43. The van der Waals surface area contributed by atoms with Gasteiger partial charge in [-0.3, -0.25) is 9.69 Å². The van der Waals surface area contributed by atoms with E-state index in [9.17, 15) is 4.79 Å². The minimum atomic E-state index is 0.102. The Morgan fingerprint density at radius 2 is 2.10 bits per heavy atom. The van der Waals surface area contributed by atoms with Crippen molar-refractivity contribution in [3.63, 3.8) is 0 Å². The number of carbonyl (C=O) groups is 1. The molecule has 5 heteroatoms. The summed E-state index contributed by atoms with van der Waals surface area (Å²) in [5.41, 5.74) is 1.29. The van der Waals surface area contributed by atoms with E-state index in [-0.39, 0.29) is 11.9 Å². The van der Waals surface area contributed by atoms with Crippen LogP contribution >= 0.6 is 22.7 Å². The Labute approximate surface area is 134 Å². The number of amides is 1. The molecule has 2 heterocycles. The topological polar surface area (TPSA) is 32.3 Å². The van der Waals surface area contributed by atoms with E-state index in [1.807, 2.05) is 17.5 Å². The summed E-state index contributed by atoms with van der Waals surface area (Å²) in [5, 5.41) is 9.37. The molecule has 0 aromatic carbocycles. The highest BCUT2D eigenvalue weighted by atomic mass is 32.1. The van der Waals surface area contributed by atoms with Crippen molar-refractivity contribution in [2.75, 3.05) is 19.6 Å². The van der Waals surface area contributed by atoms with Gasteiger partial charge in [-0.2, -0.15) is 11.3 Å². The highest BCUT2D eigenvalue weighted by molar-refractivity contribution is 7.10. The number of carbonyl (C=O) groups excluding carboxylic acids is 1. The molecule has 0 saturated carbocycles. The summed E-state index contributed by atoms with van der Waals surface area (Å²) in [7, 11) is 0. The largest absolute Gasteiger partial charge is 0.354 e. The van der Waals surface area contributed by atoms with E-state index >= 15 is 0 Å². The summed E-state index contributed by atoms with van der Waals surface area (Å²) in [4.78, 5) is 15.6. The molecule has 0 spiro atoms. The van der Waals surface area contributed by atoms with E-state index in [1.165, 1.54) is 5.56 Å². The maximum absolute atomic E-state index is 12.1. The van der Waals surface area contributed by atoms with E-state index < -0.39 is 0 Å². The van der Waals surface area contributed by atoms with Crippen LogP contribution in [0.4, 0.5) is 0 Å². The van der Waals surface area contributed by atoms with Crippen LogP contribution in [0.2, 0.25) is 0 Å². The van der Waals surface area contributed by atoms with Gasteiger partial charge in [0, 0.05) is 11.4 Å². The summed E-state index contributed by atoms with van der Waals surface area (Å²) in [6.45, 7) is 6.96. The van der Waals surface area contributed by atoms with Crippen LogP contribution in [0.3, 0.4) is 0 Å². The second kappa shape index (κ2) is 8.32. The molecule has 0 aliphatic heterocycles. The quantitative estimate of drug-likeness (QED) is 0.806. The second-order valence-electron chi connectivity index (χ2n) is 4.85. The third-order valence-corrected chi connectivity index (χ3v) is 5.17. The Hall–Kier alpha value is -1.17. The van der Waals surface area contributed by atoms with Gasteiger partial charge < -0.3 is 5.32 Å². The van der Waals surface area contributed by atoms with Gasteiger partial charge in [-0.05, 0) is 46.9 Å². The van der Waals surface area contributed by atoms with Gasteiger partial charge in [0.25, 0.3) is 0 Å². The van der Waals surface area contributed by atoms with Crippen molar-refractivity contribution in [1.29, 1.82) is 0 Å². The third kappa shape index (κ3) is 4.66. The number of rotatable bonds is 8. The Kier molecular flexibility index (Phi) is 6.42. The number of likely N-dealkylation sites (N-methyl/N-ethyl adjacent to an activating group) is 1. The van der Waals surface area contributed by atoms with Gasteiger partial charge in [0.1, 0.15) is 0 Å². The third-order valence-electron chi connectivity index (χ3n) is 3.59. The molecule has 21 heavy (non-hydrogen) atoms. The van der Waals surface area contributed by atoms with Crippen molar-refractivity contribution in [3.05, 3.63) is 44.8 Å². The molecule has 1 atom stereocenters. The number of nitrogens with zero attached hydrogens (tertiary/aromatic N) is 1. The monoisotopic (exact) mass is 322 g/mol. The summed E-state index contributed by atoms with van der Waals surface area (Å²) in [6, 6.07) is 6.40. The van der Waals surface area contributed by atoms with Crippen LogP contribution in [0.15, 0.2) is 34.3 Å². The Bertz CT molecular complexity index is 518. The molecule has 0 saturated heterocycles. The maximum Gasteiger partial charge on any atom is 0.225 e. The Balaban J connectivity index is 1.94. The Morgan fingerprint density at radius 3 is 2.67 bits per heavy atom. The highest BCUT2D eigenvalue weighted by Gasteiger charge is 2.19. The summed E-state index contributed by atoms with van der Waals surface area (Å²) in [6.07, 6.45) is 0.478. The molecular formula is C16H22N2OS2. The van der Waals surface area contributed by atoms with E-state index in [4.69, 9.17) is 0 Å². The van der Waals surface area contributed by atoms with Gasteiger partial charge in [0.15, 0.2) is 0 Å². The normalized spacial score (nSPS) is 12.5.